The molecule has 0 aliphatic rings. The second-order valence-electron chi connectivity index (χ2n) is 4.17. The van der Waals surface area contributed by atoms with Gasteiger partial charge in [-0.2, -0.15) is 0 Å². The first kappa shape index (κ1) is 15.5. The van der Waals surface area contributed by atoms with Crippen LogP contribution in [0.4, 0.5) is 0 Å². The number of hydrogen-bond donors (Lipinski definition) is 1. The van der Waals surface area contributed by atoms with Gasteiger partial charge in [-0.15, -0.1) is 0 Å². The fraction of sp³-hybridized carbons (Fsp3) is 0.500. The monoisotopic (exact) mass is 336 g/mol. The quantitative estimate of drug-likeness (QED) is 0.865. The fourth-order valence-corrected chi connectivity index (χ4v) is 2.69. The van der Waals surface area contributed by atoms with Gasteiger partial charge in [0.1, 0.15) is 15.6 Å². The molecule has 0 aliphatic carbocycles. The molecule has 4 nitrogen and oxygen atoms in total. The van der Waals surface area contributed by atoms with Crippen LogP contribution < -0.4 is 4.74 Å². The number of aliphatic hydroxyl groups excluding tert-OH is 1. The minimum Gasteiger partial charge on any atom is -0.496 e. The van der Waals surface area contributed by atoms with Gasteiger partial charge in [-0.25, -0.2) is 8.42 Å². The standard InChI is InChI=1S/C12H17BrO4S/c1-17-12-8-9(13)5-6-10(12)11(14)4-3-7-18(2,15)16/h5-6,8,11,14H,3-4,7H2,1-2H3. The lowest BCUT2D eigenvalue weighted by molar-refractivity contribution is 0.162. The van der Waals surface area contributed by atoms with Crippen LogP contribution in [-0.2, 0) is 9.84 Å². The summed E-state index contributed by atoms with van der Waals surface area (Å²) in [7, 11) is -1.44. The van der Waals surface area contributed by atoms with E-state index in [9.17, 15) is 13.5 Å². The highest BCUT2D eigenvalue weighted by Gasteiger charge is 2.14. The van der Waals surface area contributed by atoms with E-state index in [1.54, 1.807) is 12.1 Å². The second-order valence-corrected chi connectivity index (χ2v) is 7.35. The summed E-state index contributed by atoms with van der Waals surface area (Å²) in [5.74, 6) is 0.680. The van der Waals surface area contributed by atoms with Gasteiger partial charge in [0.2, 0.25) is 0 Å². The predicted octanol–water partition coefficient (Wildman–Crippen LogP) is 2.32. The fourth-order valence-electron chi connectivity index (χ4n) is 1.65. The van der Waals surface area contributed by atoms with E-state index in [-0.39, 0.29) is 5.75 Å². The zero-order valence-electron chi connectivity index (χ0n) is 10.4. The molecule has 1 aromatic carbocycles. The van der Waals surface area contributed by atoms with Gasteiger partial charge in [0.05, 0.1) is 13.2 Å². The molecule has 0 aromatic heterocycles. The van der Waals surface area contributed by atoms with Crippen molar-refractivity contribution in [2.75, 3.05) is 19.1 Å². The van der Waals surface area contributed by atoms with Crippen LogP contribution >= 0.6 is 15.9 Å². The van der Waals surface area contributed by atoms with E-state index in [4.69, 9.17) is 4.74 Å². The molecule has 102 valence electrons. The van der Waals surface area contributed by atoms with Crippen LogP contribution in [0.5, 0.6) is 5.75 Å². The summed E-state index contributed by atoms with van der Waals surface area (Å²) in [5.41, 5.74) is 0.675. The summed E-state index contributed by atoms with van der Waals surface area (Å²) in [5, 5.41) is 10.0. The van der Waals surface area contributed by atoms with Gasteiger partial charge >= 0.3 is 0 Å². The van der Waals surface area contributed by atoms with E-state index in [0.717, 1.165) is 4.47 Å². The number of methoxy groups -OCH3 is 1. The lowest BCUT2D eigenvalue weighted by Gasteiger charge is -2.14. The average molecular weight is 337 g/mol. The van der Waals surface area contributed by atoms with Crippen LogP contribution in [-0.4, -0.2) is 32.6 Å². The molecule has 1 aromatic rings. The third-order valence-corrected chi connectivity index (χ3v) is 4.07. The molecule has 18 heavy (non-hydrogen) atoms. The molecule has 6 heteroatoms. The molecule has 1 unspecified atom stereocenters. The summed E-state index contributed by atoms with van der Waals surface area (Å²) in [4.78, 5) is 0. The molecule has 0 amide bonds. The first-order chi connectivity index (χ1) is 8.33. The summed E-state index contributed by atoms with van der Waals surface area (Å²) < 4.78 is 28.1. The number of ether oxygens (including phenoxy) is 1. The van der Waals surface area contributed by atoms with Crippen molar-refractivity contribution in [3.8, 4) is 5.75 Å². The van der Waals surface area contributed by atoms with Gasteiger partial charge in [-0.05, 0) is 25.0 Å². The Kier molecular flexibility index (Phi) is 5.62. The van der Waals surface area contributed by atoms with E-state index in [0.29, 0.717) is 24.2 Å². The van der Waals surface area contributed by atoms with Crippen LogP contribution in [0.2, 0.25) is 0 Å². The second kappa shape index (κ2) is 6.54. The highest BCUT2D eigenvalue weighted by Crippen LogP contribution is 2.30. The Bertz CT molecular complexity index is 499. The first-order valence-corrected chi connectivity index (χ1v) is 8.38. The summed E-state index contributed by atoms with van der Waals surface area (Å²) in [6, 6.07) is 5.36. The highest BCUT2D eigenvalue weighted by molar-refractivity contribution is 9.10. The van der Waals surface area contributed by atoms with Crippen molar-refractivity contribution in [3.05, 3.63) is 28.2 Å². The Hall–Kier alpha value is -0.590. The van der Waals surface area contributed by atoms with Crippen LogP contribution in [0, 0.1) is 0 Å². The Balaban J connectivity index is 2.69. The Morgan fingerprint density at radius 3 is 2.67 bits per heavy atom. The Labute approximate surface area is 116 Å². The molecule has 0 saturated carbocycles. The molecule has 0 heterocycles. The van der Waals surface area contributed by atoms with E-state index in [1.165, 1.54) is 13.4 Å². The summed E-state index contributed by atoms with van der Waals surface area (Å²) >= 11 is 3.32. The van der Waals surface area contributed by atoms with Crippen LogP contribution in [0.1, 0.15) is 24.5 Å². The largest absolute Gasteiger partial charge is 0.496 e. The highest BCUT2D eigenvalue weighted by atomic mass is 79.9. The van der Waals surface area contributed by atoms with Crippen molar-refractivity contribution < 1.29 is 18.3 Å². The van der Waals surface area contributed by atoms with Crippen LogP contribution in [0.25, 0.3) is 0 Å². The predicted molar refractivity (Wildman–Crippen MR) is 74.6 cm³/mol. The minimum absolute atomic E-state index is 0.0862. The zero-order valence-corrected chi connectivity index (χ0v) is 12.8. The molecule has 0 aliphatic heterocycles. The summed E-state index contributed by atoms with van der Waals surface area (Å²) in [6.07, 6.45) is 1.30. The van der Waals surface area contributed by atoms with Gasteiger partial charge in [-0.1, -0.05) is 22.0 Å². The van der Waals surface area contributed by atoms with Gasteiger partial charge in [0.15, 0.2) is 0 Å². The maximum Gasteiger partial charge on any atom is 0.147 e. The molecular formula is C12H17BrO4S. The summed E-state index contributed by atoms with van der Waals surface area (Å²) in [6.45, 7) is 0. The number of aliphatic hydroxyl groups is 1. The molecule has 1 atom stereocenters. The molecule has 1 N–H and O–H groups in total. The molecule has 1 rings (SSSR count). The Morgan fingerprint density at radius 1 is 1.44 bits per heavy atom. The lowest BCUT2D eigenvalue weighted by Crippen LogP contribution is -2.06. The first-order valence-electron chi connectivity index (χ1n) is 5.52. The lowest BCUT2D eigenvalue weighted by atomic mass is 10.0. The van der Waals surface area contributed by atoms with Crippen LogP contribution in [0.3, 0.4) is 0 Å². The number of halogens is 1. The van der Waals surface area contributed by atoms with Gasteiger partial charge in [0, 0.05) is 22.0 Å². The third-order valence-electron chi connectivity index (χ3n) is 2.55. The molecule has 0 saturated heterocycles. The van der Waals surface area contributed by atoms with Crippen molar-refractivity contribution in [3.63, 3.8) is 0 Å². The van der Waals surface area contributed by atoms with Crippen molar-refractivity contribution in [1.29, 1.82) is 0 Å². The van der Waals surface area contributed by atoms with E-state index in [1.807, 2.05) is 6.07 Å². The molecule has 0 radical (unpaired) electrons. The molecule has 0 spiro atoms. The smallest absolute Gasteiger partial charge is 0.147 e. The molecular weight excluding hydrogens is 320 g/mol. The van der Waals surface area contributed by atoms with Gasteiger partial charge in [-0.3, -0.25) is 0 Å². The van der Waals surface area contributed by atoms with Gasteiger partial charge in [0.25, 0.3) is 0 Å². The number of hydrogen-bond acceptors (Lipinski definition) is 4. The molecule has 0 bridgehead atoms. The van der Waals surface area contributed by atoms with E-state index >= 15 is 0 Å². The maximum atomic E-state index is 11.0. The SMILES string of the molecule is COc1cc(Br)ccc1C(O)CCCS(C)(=O)=O. The number of benzene rings is 1. The third kappa shape index (κ3) is 4.96. The van der Waals surface area contributed by atoms with Crippen molar-refractivity contribution in [2.45, 2.75) is 18.9 Å². The van der Waals surface area contributed by atoms with Gasteiger partial charge < -0.3 is 9.84 Å². The average Bonchev–Trinajstić information content (AvgIpc) is 2.26. The van der Waals surface area contributed by atoms with E-state index < -0.39 is 15.9 Å². The van der Waals surface area contributed by atoms with Crippen molar-refractivity contribution in [1.82, 2.24) is 0 Å². The van der Waals surface area contributed by atoms with Crippen molar-refractivity contribution >= 4 is 25.8 Å². The normalized spacial score (nSPS) is 13.3. The van der Waals surface area contributed by atoms with Crippen molar-refractivity contribution in [2.24, 2.45) is 0 Å². The number of rotatable bonds is 6. The van der Waals surface area contributed by atoms with Crippen LogP contribution in [0.15, 0.2) is 22.7 Å². The Morgan fingerprint density at radius 2 is 2.11 bits per heavy atom. The topological polar surface area (TPSA) is 63.6 Å². The minimum atomic E-state index is -2.97. The number of sulfone groups is 1. The molecule has 0 fully saturated rings. The maximum absolute atomic E-state index is 11.0. The van der Waals surface area contributed by atoms with E-state index in [2.05, 4.69) is 15.9 Å². The zero-order chi connectivity index (χ0) is 13.8.